The zero-order valence-corrected chi connectivity index (χ0v) is 20.0. The van der Waals surface area contributed by atoms with E-state index in [4.69, 9.17) is 10.8 Å². The number of aliphatic hydroxyl groups is 4. The van der Waals surface area contributed by atoms with Crippen LogP contribution in [0.2, 0.25) is 0 Å². The van der Waals surface area contributed by atoms with Gasteiger partial charge in [-0.1, -0.05) is 18.2 Å². The number of carbonyl (C=O) groups is 4. The van der Waals surface area contributed by atoms with Crippen LogP contribution in [0.3, 0.4) is 0 Å². The molecule has 2 amide bonds. The topological polar surface area (TPSA) is 207 Å². The third kappa shape index (κ3) is 3.70. The molecule has 3 aliphatic carbocycles. The van der Waals surface area contributed by atoms with E-state index in [2.05, 4.69) is 5.32 Å². The first-order chi connectivity index (χ1) is 18.0. The molecule has 0 aromatic heterocycles. The molecule has 2 saturated carbocycles. The van der Waals surface area contributed by atoms with E-state index in [1.54, 1.807) is 30.3 Å². The Hall–Kier alpha value is -4.06. The first-order valence-corrected chi connectivity index (χ1v) is 12.1. The summed E-state index contributed by atoms with van der Waals surface area (Å²) in [6.07, 6.45) is -1.40. The lowest BCUT2D eigenvalue weighted by Crippen LogP contribution is -2.66. The lowest BCUT2D eigenvalue weighted by atomic mass is 9.56. The average Bonchev–Trinajstić information content (AvgIpc) is 2.86. The molecule has 0 heterocycles. The van der Waals surface area contributed by atoms with Gasteiger partial charge in [-0.15, -0.1) is 0 Å². The van der Waals surface area contributed by atoms with Gasteiger partial charge in [-0.25, -0.2) is 0 Å². The van der Waals surface area contributed by atoms with Gasteiger partial charge in [0, 0.05) is 17.2 Å². The maximum absolute atomic E-state index is 13.6. The molecule has 2 fully saturated rings. The third-order valence-corrected chi connectivity index (χ3v) is 7.89. The van der Waals surface area contributed by atoms with Crippen molar-refractivity contribution in [3.05, 3.63) is 53.1 Å². The minimum atomic E-state index is -2.63. The second kappa shape index (κ2) is 9.05. The number of benzene rings is 2. The normalized spacial score (nSPS) is 28.3. The van der Waals surface area contributed by atoms with E-state index in [1.165, 1.54) is 6.07 Å². The highest BCUT2D eigenvalue weighted by atomic mass is 16.3. The van der Waals surface area contributed by atoms with E-state index >= 15 is 0 Å². The number of Topliss-reactive ketones (excluding diaryl/α,β-unsaturated/α-hetero) is 2. The maximum atomic E-state index is 13.6. The number of nitrogens with one attached hydrogen (secondary N) is 1. The van der Waals surface area contributed by atoms with E-state index in [0.717, 1.165) is 0 Å². The summed E-state index contributed by atoms with van der Waals surface area (Å²) in [7, 11) is 0. The number of phenols is 1. The molecule has 0 bridgehead atoms. The van der Waals surface area contributed by atoms with Gasteiger partial charge < -0.3 is 36.6 Å². The number of ketones is 2. The van der Waals surface area contributed by atoms with Crippen molar-refractivity contribution in [2.75, 3.05) is 11.9 Å². The number of carbonyl (C=O) groups excluding carboxylic acids is 4. The van der Waals surface area contributed by atoms with E-state index < -0.39 is 65.2 Å². The summed E-state index contributed by atoms with van der Waals surface area (Å²) in [5, 5.41) is 55.0. The Morgan fingerprint density at radius 3 is 2.37 bits per heavy atom. The summed E-state index contributed by atoms with van der Waals surface area (Å²) in [6.45, 7) is -0.663. The van der Waals surface area contributed by atoms with E-state index in [0.29, 0.717) is 22.4 Å². The number of aromatic hydroxyl groups is 1. The Balaban J connectivity index is 1.58. The molecule has 0 radical (unpaired) electrons. The first kappa shape index (κ1) is 25.6. The summed E-state index contributed by atoms with van der Waals surface area (Å²) in [5.74, 6) is -8.21. The predicted molar refractivity (Wildman–Crippen MR) is 132 cm³/mol. The summed E-state index contributed by atoms with van der Waals surface area (Å²) in [4.78, 5) is 49.9. The Kier molecular flexibility index (Phi) is 6.09. The van der Waals surface area contributed by atoms with Crippen molar-refractivity contribution in [3.8, 4) is 16.9 Å². The number of phenolic OH excluding ortho intramolecular Hbond substituents is 1. The van der Waals surface area contributed by atoms with Crippen LogP contribution in [0, 0.1) is 17.8 Å². The lowest BCUT2D eigenvalue weighted by molar-refractivity contribution is -0.174. The Morgan fingerprint density at radius 2 is 1.74 bits per heavy atom. The van der Waals surface area contributed by atoms with Crippen molar-refractivity contribution in [1.82, 2.24) is 0 Å². The molecule has 11 nitrogen and oxygen atoms in total. The van der Waals surface area contributed by atoms with Crippen molar-refractivity contribution in [1.29, 1.82) is 0 Å². The summed E-state index contributed by atoms with van der Waals surface area (Å²) in [6, 6.07) is 9.67. The van der Waals surface area contributed by atoms with E-state index in [9.17, 15) is 39.6 Å². The van der Waals surface area contributed by atoms with Gasteiger partial charge >= 0.3 is 0 Å². The lowest BCUT2D eigenvalue weighted by Gasteiger charge is -2.48. The number of anilines is 1. The third-order valence-electron chi connectivity index (χ3n) is 7.89. The monoisotopic (exact) mass is 522 g/mol. The molecule has 3 aliphatic rings. The largest absolute Gasteiger partial charge is 0.507 e. The number of nitrogens with two attached hydrogens (primary N) is 1. The maximum Gasteiger partial charge on any atom is 0.250 e. The van der Waals surface area contributed by atoms with Crippen LogP contribution >= 0.6 is 0 Å². The van der Waals surface area contributed by atoms with Gasteiger partial charge in [0.1, 0.15) is 24.0 Å². The molecule has 198 valence electrons. The van der Waals surface area contributed by atoms with Gasteiger partial charge in [0.2, 0.25) is 17.6 Å². The molecular weight excluding hydrogens is 496 g/mol. The summed E-state index contributed by atoms with van der Waals surface area (Å²) in [5.41, 5.74) is 4.75. The van der Waals surface area contributed by atoms with E-state index in [1.807, 2.05) is 0 Å². The number of aliphatic hydroxyl groups excluding tert-OH is 3. The van der Waals surface area contributed by atoms with Crippen LogP contribution in [0.15, 0.2) is 42.0 Å². The number of amides is 2. The molecule has 2 aromatic carbocycles. The van der Waals surface area contributed by atoms with E-state index in [-0.39, 0.29) is 36.1 Å². The highest BCUT2D eigenvalue weighted by molar-refractivity contribution is 6.24. The van der Waals surface area contributed by atoms with Crippen molar-refractivity contribution < 1.29 is 44.7 Å². The standard InChI is InChI=1S/C27H26N2O9/c28-26(37)22-18(32)9-13-7-12-8-16-15(11-1-3-14(4-2-11)29-19(33)10-30)5-6-17(31)21(16)23(34)20(12)24(35)27(13,38)25(22)36/h1-6,12-13,18,22,30-32,34,38H,7-10H2,(H2,28,37)(H,29,33)/t12-,13+,18?,22?,27+/m1/s1. The fraction of sp³-hybridized carbons (Fsp3) is 0.333. The molecule has 0 saturated heterocycles. The molecular formula is C27H26N2O9. The van der Waals surface area contributed by atoms with Gasteiger partial charge in [0.05, 0.1) is 11.7 Å². The van der Waals surface area contributed by atoms with Crippen molar-refractivity contribution >= 4 is 34.8 Å². The summed E-state index contributed by atoms with van der Waals surface area (Å²) < 4.78 is 0. The zero-order chi connectivity index (χ0) is 27.5. The molecule has 2 unspecified atom stereocenters. The van der Waals surface area contributed by atoms with Gasteiger partial charge in [-0.05, 0) is 60.1 Å². The van der Waals surface area contributed by atoms with Gasteiger partial charge in [0.25, 0.3) is 0 Å². The second-order valence-electron chi connectivity index (χ2n) is 10.0. The van der Waals surface area contributed by atoms with Crippen LogP contribution in [0.1, 0.15) is 24.0 Å². The minimum absolute atomic E-state index is 0.00319. The Morgan fingerprint density at radius 1 is 1.05 bits per heavy atom. The van der Waals surface area contributed by atoms with Gasteiger partial charge in [-0.2, -0.15) is 0 Å². The predicted octanol–water partition coefficient (Wildman–Crippen LogP) is 0.187. The highest BCUT2D eigenvalue weighted by Gasteiger charge is 2.63. The Labute approximate surface area is 216 Å². The van der Waals surface area contributed by atoms with Crippen molar-refractivity contribution in [2.24, 2.45) is 23.5 Å². The molecule has 8 N–H and O–H groups in total. The second-order valence-corrected chi connectivity index (χ2v) is 10.0. The number of rotatable bonds is 4. The van der Waals surface area contributed by atoms with Crippen LogP contribution in [-0.4, -0.2) is 67.2 Å². The van der Waals surface area contributed by atoms with Crippen LogP contribution in [0.25, 0.3) is 16.9 Å². The number of primary amides is 1. The van der Waals surface area contributed by atoms with Crippen molar-refractivity contribution in [3.63, 3.8) is 0 Å². The average molecular weight is 523 g/mol. The number of hydrogen-bond acceptors (Lipinski definition) is 9. The van der Waals surface area contributed by atoms with Crippen LogP contribution < -0.4 is 11.1 Å². The SMILES string of the molecule is NC(=O)C1C(=O)[C@@]2(O)C(=O)C3=C(O)c4c(O)ccc(-c5ccc(NC(=O)CO)cc5)c4C[C@H]3C[C@H]2CC1O. The molecule has 2 aromatic rings. The molecule has 11 heteroatoms. The van der Waals surface area contributed by atoms with Gasteiger partial charge in [0.15, 0.2) is 11.4 Å². The molecule has 5 rings (SSSR count). The molecule has 0 aliphatic heterocycles. The number of hydrogen-bond donors (Lipinski definition) is 7. The fourth-order valence-corrected chi connectivity index (χ4v) is 6.13. The van der Waals surface area contributed by atoms with Crippen LogP contribution in [0.5, 0.6) is 5.75 Å². The summed E-state index contributed by atoms with van der Waals surface area (Å²) >= 11 is 0. The zero-order valence-electron chi connectivity index (χ0n) is 20.0. The fourth-order valence-electron chi connectivity index (χ4n) is 6.13. The van der Waals surface area contributed by atoms with Gasteiger partial charge in [-0.3, -0.25) is 19.2 Å². The molecule has 5 atom stereocenters. The molecule has 0 spiro atoms. The van der Waals surface area contributed by atoms with Crippen molar-refractivity contribution in [2.45, 2.75) is 31.0 Å². The van der Waals surface area contributed by atoms with Crippen LogP contribution in [-0.2, 0) is 25.6 Å². The van der Waals surface area contributed by atoms with Crippen LogP contribution in [0.4, 0.5) is 5.69 Å². The number of fused-ring (bicyclic) bond motifs is 3. The smallest absolute Gasteiger partial charge is 0.250 e. The first-order valence-electron chi connectivity index (χ1n) is 12.1. The quantitative estimate of drug-likeness (QED) is 0.273. The Bertz CT molecular complexity index is 1410. The highest BCUT2D eigenvalue weighted by Crippen LogP contribution is 2.52. The minimum Gasteiger partial charge on any atom is -0.507 e. The molecule has 38 heavy (non-hydrogen) atoms.